The zero-order valence-electron chi connectivity index (χ0n) is 29.2. The molecule has 278 valence electrons. The van der Waals surface area contributed by atoms with E-state index in [4.69, 9.17) is 16.7 Å². The first-order valence-electron chi connectivity index (χ1n) is 15.1. The van der Waals surface area contributed by atoms with E-state index in [1.165, 1.54) is 59.4 Å². The van der Waals surface area contributed by atoms with Crippen molar-refractivity contribution >= 4 is 54.4 Å². The Morgan fingerprint density at radius 2 is 1.48 bits per heavy atom. The van der Waals surface area contributed by atoms with Gasteiger partial charge in [0.15, 0.2) is 0 Å². The van der Waals surface area contributed by atoms with Gasteiger partial charge in [-0.1, -0.05) is 0 Å². The van der Waals surface area contributed by atoms with Crippen LogP contribution >= 0.6 is 20.2 Å². The number of amidine groups is 1. The molecule has 4 amide bonds. The first-order valence-corrected chi connectivity index (χ1v) is 19.6. The molecule has 0 atom stereocenters. The van der Waals surface area contributed by atoms with Gasteiger partial charge in [0.1, 0.15) is 0 Å². The van der Waals surface area contributed by atoms with E-state index in [1.807, 2.05) is 0 Å². The van der Waals surface area contributed by atoms with Crippen molar-refractivity contribution in [2.45, 2.75) is 64.8 Å². The molecular formula is C32H42F3IN4O9S. The average Bonchev–Trinajstić information content (AvgIpc) is 2.98. The quantitative estimate of drug-likeness (QED) is 0.123. The topological polar surface area (TPSA) is 144 Å². The van der Waals surface area contributed by atoms with Crippen molar-refractivity contribution < 1.29 is 52.7 Å². The number of carbonyl (C=O) groups is 3. The van der Waals surface area contributed by atoms with Gasteiger partial charge in [-0.2, -0.15) is 0 Å². The number of ether oxygens (including phenoxy) is 3. The van der Waals surface area contributed by atoms with E-state index in [0.717, 1.165) is 4.90 Å². The van der Waals surface area contributed by atoms with Gasteiger partial charge in [-0.25, -0.2) is 0 Å². The van der Waals surface area contributed by atoms with E-state index in [9.17, 15) is 36.0 Å². The van der Waals surface area contributed by atoms with E-state index < -0.39 is 65.2 Å². The summed E-state index contributed by atoms with van der Waals surface area (Å²) in [6.45, 7) is 9.66. The molecule has 2 aromatic carbocycles. The number of aliphatic imine (C=N–C) groups is 1. The Bertz CT molecular complexity index is 1680. The summed E-state index contributed by atoms with van der Waals surface area (Å²) in [5, 5.41) is 0. The summed E-state index contributed by atoms with van der Waals surface area (Å²) in [4.78, 5) is 47.7. The molecule has 0 radical (unpaired) electrons. The molecule has 0 spiro atoms. The Morgan fingerprint density at radius 3 is 1.98 bits per heavy atom. The number of rotatable bonds is 8. The molecule has 1 saturated heterocycles. The number of alkyl halides is 3. The van der Waals surface area contributed by atoms with E-state index in [-0.39, 0.29) is 38.6 Å². The fourth-order valence-corrected chi connectivity index (χ4v) is 11.2. The summed E-state index contributed by atoms with van der Waals surface area (Å²) < 4.78 is 86.7. The van der Waals surface area contributed by atoms with Crippen LogP contribution in [0.15, 0.2) is 53.5 Å². The molecule has 0 aromatic heterocycles. The van der Waals surface area contributed by atoms with Crippen LogP contribution in [0.4, 0.5) is 27.6 Å². The van der Waals surface area contributed by atoms with Gasteiger partial charge in [-0.15, -0.1) is 0 Å². The van der Waals surface area contributed by atoms with Gasteiger partial charge in [0.2, 0.25) is 0 Å². The van der Waals surface area contributed by atoms with E-state index in [1.54, 1.807) is 61.7 Å². The molecular weight excluding hydrogens is 800 g/mol. The van der Waals surface area contributed by atoms with Gasteiger partial charge in [0.25, 0.3) is 0 Å². The summed E-state index contributed by atoms with van der Waals surface area (Å²) in [5.74, 6) is -0.386. The van der Waals surface area contributed by atoms with Crippen molar-refractivity contribution in [2.24, 2.45) is 10.9 Å². The van der Waals surface area contributed by atoms with Crippen LogP contribution in [0.3, 0.4) is 0 Å². The number of methoxy groups -OCH3 is 1. The van der Waals surface area contributed by atoms with Crippen LogP contribution in [0.2, 0.25) is 0 Å². The summed E-state index contributed by atoms with van der Waals surface area (Å²) in [6.07, 6.45) is -1.91. The summed E-state index contributed by atoms with van der Waals surface area (Å²) in [7, 11) is -1.50. The Hall–Kier alpha value is -3.65. The number of hydrogen-bond donors (Lipinski definition) is 0. The number of halogens is 4. The number of carbonyl (C=O) groups excluding carboxylic acids is 3. The molecule has 3 rings (SSSR count). The maximum absolute atomic E-state index is 13.9. The Morgan fingerprint density at radius 1 is 0.920 bits per heavy atom. The number of benzene rings is 2. The SMILES string of the molecule is COc1ccc(I(OS(=O)(=O)C(F)(F)F)c2cccc(CN(C(=O)OC(C)(C)C)C(=NC(=O)OC(C)(C)C)C3CN(C)C(=O)N(C)C3)c2)cc1. The predicted octanol–water partition coefficient (Wildman–Crippen LogP) is 6.71. The van der Waals surface area contributed by atoms with Gasteiger partial charge in [0, 0.05) is 0 Å². The van der Waals surface area contributed by atoms with Gasteiger partial charge in [-0.05, 0) is 0 Å². The van der Waals surface area contributed by atoms with Crippen molar-refractivity contribution in [1.82, 2.24) is 14.7 Å². The number of urea groups is 1. The van der Waals surface area contributed by atoms with Gasteiger partial charge in [0.05, 0.1) is 0 Å². The molecule has 0 bridgehead atoms. The maximum atomic E-state index is 13.9. The third-order valence-corrected chi connectivity index (χ3v) is 13.6. The zero-order valence-corrected chi connectivity index (χ0v) is 32.2. The molecule has 1 heterocycles. The first kappa shape index (κ1) is 40.8. The van der Waals surface area contributed by atoms with Crippen LogP contribution in [-0.2, 0) is 28.6 Å². The monoisotopic (exact) mass is 842 g/mol. The molecule has 13 nitrogen and oxygen atoms in total. The summed E-state index contributed by atoms with van der Waals surface area (Å²) in [6, 6.07) is 11.4. The molecule has 50 heavy (non-hydrogen) atoms. The fourth-order valence-electron chi connectivity index (χ4n) is 4.56. The average molecular weight is 843 g/mol. The van der Waals surface area contributed by atoms with Crippen molar-refractivity contribution in [1.29, 1.82) is 0 Å². The number of amides is 4. The molecule has 0 saturated carbocycles. The van der Waals surface area contributed by atoms with Gasteiger partial charge < -0.3 is 0 Å². The molecule has 0 N–H and O–H groups in total. The predicted molar refractivity (Wildman–Crippen MR) is 187 cm³/mol. The van der Waals surface area contributed by atoms with Crippen molar-refractivity contribution in [3.63, 3.8) is 0 Å². The van der Waals surface area contributed by atoms with Crippen LogP contribution in [0.5, 0.6) is 5.75 Å². The van der Waals surface area contributed by atoms with Crippen molar-refractivity contribution in [3.8, 4) is 5.75 Å². The third kappa shape index (κ3) is 11.2. The van der Waals surface area contributed by atoms with E-state index >= 15 is 0 Å². The minimum absolute atomic E-state index is 0.0701. The second-order valence-corrected chi connectivity index (χ2v) is 19.7. The molecule has 0 unspecified atom stereocenters. The summed E-state index contributed by atoms with van der Waals surface area (Å²) in [5.41, 5.74) is -7.29. The second kappa shape index (κ2) is 15.7. The van der Waals surface area contributed by atoms with Crippen LogP contribution in [0.1, 0.15) is 47.1 Å². The third-order valence-electron chi connectivity index (χ3n) is 6.60. The van der Waals surface area contributed by atoms with Crippen LogP contribution in [-0.4, -0.2) is 98.2 Å². The molecule has 1 aliphatic heterocycles. The fraction of sp³-hybridized carbons (Fsp3) is 0.500. The Balaban J connectivity index is 2.18. The van der Waals surface area contributed by atoms with E-state index in [0.29, 0.717) is 11.3 Å². The number of nitrogens with zero attached hydrogens (tertiary/aromatic N) is 4. The normalized spacial score (nSPS) is 15.5. The molecule has 18 heteroatoms. The second-order valence-electron chi connectivity index (χ2n) is 13.3. The van der Waals surface area contributed by atoms with Crippen LogP contribution in [0, 0.1) is 13.1 Å². The summed E-state index contributed by atoms with van der Waals surface area (Å²) >= 11 is -3.85. The van der Waals surface area contributed by atoms with Gasteiger partial charge >= 0.3 is 299 Å². The van der Waals surface area contributed by atoms with Crippen LogP contribution in [0.25, 0.3) is 0 Å². The van der Waals surface area contributed by atoms with Crippen LogP contribution < -0.4 is 4.74 Å². The standard InChI is InChI=1S/C32H42F3IN4O9S/c1-30(2,3)47-27(41)37-26(22-19-38(7)28(42)39(8)20-22)40(29(43)48-31(4,5)6)18-21-11-10-12-24(17-21)36(49-50(44,45)32(33,34)35)23-13-15-25(46-9)16-14-23/h10-17,22H,18-20H2,1-9H3. The Labute approximate surface area is 297 Å². The molecule has 2 aromatic rings. The Kier molecular flexibility index (Phi) is 12.8. The van der Waals surface area contributed by atoms with Crippen molar-refractivity contribution in [3.05, 3.63) is 61.2 Å². The molecule has 1 fully saturated rings. The van der Waals surface area contributed by atoms with E-state index in [2.05, 4.69) is 4.99 Å². The molecule has 0 aliphatic carbocycles. The zero-order chi connectivity index (χ0) is 37.8. The number of hydrogen-bond acceptors (Lipinski definition) is 9. The molecule has 1 aliphatic rings. The first-order chi connectivity index (χ1) is 22.9. The van der Waals surface area contributed by atoms with Gasteiger partial charge in [-0.3, -0.25) is 0 Å². The van der Waals surface area contributed by atoms with Crippen molar-refractivity contribution in [2.75, 3.05) is 34.3 Å². The minimum atomic E-state index is -6.00.